The molecule has 17 heavy (non-hydrogen) atoms. The van der Waals surface area contributed by atoms with E-state index >= 15 is 0 Å². The summed E-state index contributed by atoms with van der Waals surface area (Å²) in [5.74, 6) is 0. The van der Waals surface area contributed by atoms with Gasteiger partial charge in [0.25, 0.3) is 0 Å². The molecule has 1 rings (SSSR count). The zero-order valence-corrected chi connectivity index (χ0v) is 8.93. The van der Waals surface area contributed by atoms with Crippen molar-refractivity contribution in [1.82, 2.24) is 15.1 Å². The fourth-order valence-electron chi connectivity index (χ4n) is 1.19. The maximum Gasteiger partial charge on any atom is 0.415 e. The molecule has 2 unspecified atom stereocenters. The number of nitrogens with one attached hydrogen (secondary N) is 1. The minimum absolute atomic E-state index is 0.0486. The van der Waals surface area contributed by atoms with E-state index in [0.29, 0.717) is 0 Å². The largest absolute Gasteiger partial charge is 0.415 e. The molecule has 0 bridgehead atoms. The number of alkyl halides is 3. The predicted molar refractivity (Wildman–Crippen MR) is 53.2 cm³/mol. The van der Waals surface area contributed by atoms with Gasteiger partial charge in [0.15, 0.2) is 6.10 Å². The third kappa shape index (κ3) is 5.16. The summed E-state index contributed by atoms with van der Waals surface area (Å²) < 4.78 is 37.2. The summed E-state index contributed by atoms with van der Waals surface area (Å²) in [4.78, 5) is 0. The van der Waals surface area contributed by atoms with Crippen LogP contribution in [0.3, 0.4) is 0 Å². The van der Waals surface area contributed by atoms with Crippen LogP contribution in [0.5, 0.6) is 0 Å². The molecule has 0 aliphatic heterocycles. The van der Waals surface area contributed by atoms with E-state index in [0.717, 1.165) is 0 Å². The van der Waals surface area contributed by atoms with Gasteiger partial charge in [0, 0.05) is 25.5 Å². The first-order valence-corrected chi connectivity index (χ1v) is 5.00. The Morgan fingerprint density at radius 1 is 1.29 bits per heavy atom. The fourth-order valence-corrected chi connectivity index (χ4v) is 1.19. The molecule has 0 spiro atoms. The van der Waals surface area contributed by atoms with Gasteiger partial charge in [-0.25, -0.2) is 0 Å². The molecule has 0 radical (unpaired) electrons. The van der Waals surface area contributed by atoms with Crippen molar-refractivity contribution in [3.63, 3.8) is 0 Å². The van der Waals surface area contributed by atoms with Crippen LogP contribution < -0.4 is 5.32 Å². The lowest BCUT2D eigenvalue weighted by Crippen LogP contribution is -2.41. The maximum atomic E-state index is 11.9. The molecule has 0 amide bonds. The van der Waals surface area contributed by atoms with Crippen LogP contribution in [0.1, 0.15) is 0 Å². The van der Waals surface area contributed by atoms with Crippen LogP contribution in [-0.4, -0.2) is 51.5 Å². The molecule has 0 aliphatic rings. The quantitative estimate of drug-likeness (QED) is 0.654. The highest BCUT2D eigenvalue weighted by Gasteiger charge is 2.37. The van der Waals surface area contributed by atoms with Crippen LogP contribution in [0, 0.1) is 0 Å². The van der Waals surface area contributed by atoms with Gasteiger partial charge in [0.1, 0.15) is 0 Å². The Kier molecular flexibility index (Phi) is 4.91. The lowest BCUT2D eigenvalue weighted by atomic mass is 10.3. The van der Waals surface area contributed by atoms with Gasteiger partial charge in [-0.05, 0) is 6.07 Å². The zero-order chi connectivity index (χ0) is 12.9. The van der Waals surface area contributed by atoms with E-state index in [2.05, 4.69) is 10.4 Å². The summed E-state index contributed by atoms with van der Waals surface area (Å²) in [6.07, 6.45) is -4.75. The number of aromatic nitrogens is 2. The van der Waals surface area contributed by atoms with Crippen molar-refractivity contribution in [2.45, 2.75) is 24.9 Å². The van der Waals surface area contributed by atoms with Crippen LogP contribution in [0.2, 0.25) is 0 Å². The topological polar surface area (TPSA) is 70.3 Å². The Morgan fingerprint density at radius 2 is 2.00 bits per heavy atom. The van der Waals surface area contributed by atoms with Crippen LogP contribution in [0.15, 0.2) is 18.5 Å². The van der Waals surface area contributed by atoms with Crippen molar-refractivity contribution in [3.8, 4) is 0 Å². The Labute approximate surface area is 95.9 Å². The second-order valence-corrected chi connectivity index (χ2v) is 3.60. The molecule has 0 fully saturated rings. The van der Waals surface area contributed by atoms with Gasteiger partial charge < -0.3 is 15.5 Å². The Bertz CT molecular complexity index is 316. The number of hydrogen-bond donors (Lipinski definition) is 3. The lowest BCUT2D eigenvalue weighted by Gasteiger charge is -2.17. The first kappa shape index (κ1) is 13.9. The fraction of sp³-hybridized carbons (Fsp3) is 0.667. The van der Waals surface area contributed by atoms with Gasteiger partial charge in [0.2, 0.25) is 0 Å². The van der Waals surface area contributed by atoms with Crippen molar-refractivity contribution < 1.29 is 23.4 Å². The minimum Gasteiger partial charge on any atom is -0.390 e. The second-order valence-electron chi connectivity index (χ2n) is 3.60. The summed E-state index contributed by atoms with van der Waals surface area (Å²) in [5.41, 5.74) is 0. The average molecular weight is 253 g/mol. The van der Waals surface area contributed by atoms with E-state index in [1.165, 1.54) is 10.9 Å². The van der Waals surface area contributed by atoms with Gasteiger partial charge in [0.05, 0.1) is 12.6 Å². The average Bonchev–Trinajstić information content (AvgIpc) is 2.68. The number of aliphatic hydroxyl groups excluding tert-OH is 2. The van der Waals surface area contributed by atoms with Crippen molar-refractivity contribution in [3.05, 3.63) is 18.5 Å². The predicted octanol–water partition coefficient (Wildman–Crippen LogP) is -0.243. The highest BCUT2D eigenvalue weighted by Crippen LogP contribution is 2.19. The minimum atomic E-state index is -4.64. The maximum absolute atomic E-state index is 11.9. The van der Waals surface area contributed by atoms with Crippen molar-refractivity contribution in [2.75, 3.05) is 13.1 Å². The molecule has 1 aromatic rings. The highest BCUT2D eigenvalue weighted by atomic mass is 19.4. The van der Waals surface area contributed by atoms with Crippen molar-refractivity contribution in [1.29, 1.82) is 0 Å². The van der Waals surface area contributed by atoms with Crippen molar-refractivity contribution >= 4 is 0 Å². The van der Waals surface area contributed by atoms with Crippen LogP contribution in [0.25, 0.3) is 0 Å². The molecule has 2 atom stereocenters. The summed E-state index contributed by atoms with van der Waals surface area (Å²) in [7, 11) is 0. The van der Waals surface area contributed by atoms with Gasteiger partial charge in [-0.15, -0.1) is 0 Å². The van der Waals surface area contributed by atoms with E-state index in [4.69, 9.17) is 5.11 Å². The third-order valence-electron chi connectivity index (χ3n) is 2.05. The lowest BCUT2D eigenvalue weighted by molar-refractivity contribution is -0.202. The highest BCUT2D eigenvalue weighted by molar-refractivity contribution is 4.79. The molecule has 5 nitrogen and oxygen atoms in total. The van der Waals surface area contributed by atoms with Crippen LogP contribution in [0.4, 0.5) is 13.2 Å². The summed E-state index contributed by atoms with van der Waals surface area (Å²) in [6.45, 7) is -0.505. The first-order chi connectivity index (χ1) is 7.89. The molecule has 3 N–H and O–H groups in total. The molecular weight excluding hydrogens is 239 g/mol. The number of hydrogen-bond acceptors (Lipinski definition) is 4. The summed E-state index contributed by atoms with van der Waals surface area (Å²) in [6, 6.07) is 1.67. The Morgan fingerprint density at radius 3 is 2.53 bits per heavy atom. The van der Waals surface area contributed by atoms with Crippen LogP contribution in [-0.2, 0) is 6.54 Å². The molecule has 0 saturated carbocycles. The SMILES string of the molecule is OC(CNCC(O)C(F)(F)F)Cn1cccn1. The summed E-state index contributed by atoms with van der Waals surface area (Å²) >= 11 is 0. The number of rotatable bonds is 6. The molecule has 1 heterocycles. The van der Waals surface area contributed by atoms with Crippen molar-refractivity contribution in [2.24, 2.45) is 0 Å². The summed E-state index contributed by atoms with van der Waals surface area (Å²) in [5, 5.41) is 24.3. The second kappa shape index (κ2) is 5.99. The van der Waals surface area contributed by atoms with Gasteiger partial charge >= 0.3 is 6.18 Å². The molecule has 98 valence electrons. The normalized spacial score (nSPS) is 15.8. The molecular formula is C9H14F3N3O2. The van der Waals surface area contributed by atoms with Crippen LogP contribution >= 0.6 is 0 Å². The van der Waals surface area contributed by atoms with E-state index in [1.54, 1.807) is 12.3 Å². The van der Waals surface area contributed by atoms with E-state index < -0.39 is 24.9 Å². The van der Waals surface area contributed by atoms with Gasteiger partial charge in [-0.2, -0.15) is 18.3 Å². The molecule has 0 saturated heterocycles. The Hall–Kier alpha value is -1.12. The smallest absolute Gasteiger partial charge is 0.390 e. The number of halogens is 3. The Balaban J connectivity index is 2.18. The molecule has 8 heteroatoms. The number of nitrogens with zero attached hydrogens (tertiary/aromatic N) is 2. The molecule has 0 aromatic carbocycles. The van der Waals surface area contributed by atoms with Gasteiger partial charge in [-0.3, -0.25) is 4.68 Å². The number of aliphatic hydroxyl groups is 2. The first-order valence-electron chi connectivity index (χ1n) is 5.00. The zero-order valence-electron chi connectivity index (χ0n) is 8.93. The molecule has 1 aromatic heterocycles. The van der Waals surface area contributed by atoms with E-state index in [-0.39, 0.29) is 13.1 Å². The van der Waals surface area contributed by atoms with E-state index in [9.17, 15) is 18.3 Å². The van der Waals surface area contributed by atoms with E-state index in [1.807, 2.05) is 0 Å². The monoisotopic (exact) mass is 253 g/mol. The van der Waals surface area contributed by atoms with Gasteiger partial charge in [-0.1, -0.05) is 0 Å². The molecule has 0 aliphatic carbocycles. The standard InChI is InChI=1S/C9H14F3N3O2/c10-9(11,12)8(17)5-13-4-7(16)6-15-3-1-2-14-15/h1-3,7-8,13,16-17H,4-6H2. The third-order valence-corrected chi connectivity index (χ3v) is 2.05.